The molecule has 1 N–H and O–H groups in total. The maximum absolute atomic E-state index is 12.6. The van der Waals surface area contributed by atoms with Crippen LogP contribution in [-0.2, 0) is 28.1 Å². The van der Waals surface area contributed by atoms with Crippen LogP contribution < -0.4 is 10.3 Å². The zero-order valence-electron chi connectivity index (χ0n) is 19.6. The van der Waals surface area contributed by atoms with Crippen LogP contribution in [0, 0.1) is 13.8 Å². The van der Waals surface area contributed by atoms with Crippen molar-refractivity contribution in [2.75, 3.05) is 26.5 Å². The Kier molecular flexibility index (Phi) is 7.26. The first kappa shape index (κ1) is 24.5. The highest BCUT2D eigenvalue weighted by molar-refractivity contribution is 7.90. The predicted molar refractivity (Wildman–Crippen MR) is 126 cm³/mol. The second-order valence-electron chi connectivity index (χ2n) is 8.25. The molecule has 1 aromatic carbocycles. The van der Waals surface area contributed by atoms with Crippen molar-refractivity contribution in [2.24, 2.45) is 7.05 Å². The maximum atomic E-state index is 12.6. The van der Waals surface area contributed by atoms with E-state index >= 15 is 0 Å². The number of ether oxygens (including phenoxy) is 1. The van der Waals surface area contributed by atoms with Crippen molar-refractivity contribution in [3.05, 3.63) is 51.4 Å². The molecule has 0 saturated heterocycles. The second kappa shape index (κ2) is 9.78. The minimum Gasteiger partial charge on any atom is -0.493 e. The number of pyridine rings is 1. The molecule has 3 aromatic rings. The summed E-state index contributed by atoms with van der Waals surface area (Å²) in [6, 6.07) is 6.35. The first-order valence-corrected chi connectivity index (χ1v) is 12.6. The van der Waals surface area contributed by atoms with Gasteiger partial charge < -0.3 is 14.6 Å². The van der Waals surface area contributed by atoms with E-state index in [1.54, 1.807) is 35.8 Å². The average molecular weight is 475 g/mol. The molecule has 0 saturated carbocycles. The van der Waals surface area contributed by atoms with E-state index in [4.69, 9.17) is 4.74 Å². The minimum absolute atomic E-state index is 0.0594. The van der Waals surface area contributed by atoms with E-state index in [9.17, 15) is 18.0 Å². The van der Waals surface area contributed by atoms with Gasteiger partial charge in [0.25, 0.3) is 5.56 Å². The fourth-order valence-electron chi connectivity index (χ4n) is 3.89. The molecule has 0 bridgehead atoms. The van der Waals surface area contributed by atoms with Crippen molar-refractivity contribution in [1.29, 1.82) is 0 Å². The summed E-state index contributed by atoms with van der Waals surface area (Å²) in [5.74, 6) is 0.415. The molecule has 178 valence electrons. The minimum atomic E-state index is -3.29. The average Bonchev–Trinajstić information content (AvgIpc) is 3.03. The summed E-state index contributed by atoms with van der Waals surface area (Å²) in [5.41, 5.74) is 2.80. The predicted octanol–water partition coefficient (Wildman–Crippen LogP) is 2.14. The highest BCUT2D eigenvalue weighted by atomic mass is 32.2. The molecule has 0 aliphatic rings. The number of aromatic nitrogens is 3. The number of aryl methyl sites for hydroxylation is 3. The molecule has 2 heterocycles. The lowest BCUT2D eigenvalue weighted by atomic mass is 10.0. The first-order valence-electron chi connectivity index (χ1n) is 10.7. The SMILES string of the molecule is Cc1nn(C)c2[nH]c(=O)c(CCC(=O)N(C)CCCOc3cccc(S(C)(=O)=O)c3)c(C)c12. The van der Waals surface area contributed by atoms with Crippen molar-refractivity contribution < 1.29 is 17.9 Å². The summed E-state index contributed by atoms with van der Waals surface area (Å²) in [5, 5.41) is 5.29. The quantitative estimate of drug-likeness (QED) is 0.475. The van der Waals surface area contributed by atoms with Gasteiger partial charge in [0.2, 0.25) is 5.91 Å². The molecule has 0 atom stereocenters. The highest BCUT2D eigenvalue weighted by Gasteiger charge is 2.17. The van der Waals surface area contributed by atoms with Crippen molar-refractivity contribution in [3.63, 3.8) is 0 Å². The van der Waals surface area contributed by atoms with Crippen molar-refractivity contribution >= 4 is 26.8 Å². The van der Waals surface area contributed by atoms with Crippen LogP contribution in [0.2, 0.25) is 0 Å². The van der Waals surface area contributed by atoms with E-state index in [2.05, 4.69) is 10.1 Å². The molecule has 0 radical (unpaired) electrons. The number of nitrogens with one attached hydrogen (secondary N) is 1. The van der Waals surface area contributed by atoms with E-state index < -0.39 is 9.84 Å². The van der Waals surface area contributed by atoms with Gasteiger partial charge in [-0.15, -0.1) is 0 Å². The molecular weight excluding hydrogens is 444 g/mol. The molecule has 10 heteroatoms. The van der Waals surface area contributed by atoms with E-state index in [1.807, 2.05) is 13.8 Å². The number of amides is 1. The Morgan fingerprint density at radius 3 is 2.70 bits per heavy atom. The Labute approximate surface area is 193 Å². The van der Waals surface area contributed by atoms with Gasteiger partial charge in [-0.25, -0.2) is 8.42 Å². The van der Waals surface area contributed by atoms with E-state index in [-0.39, 0.29) is 22.8 Å². The summed E-state index contributed by atoms with van der Waals surface area (Å²) in [4.78, 5) is 29.8. The van der Waals surface area contributed by atoms with Gasteiger partial charge in [0, 0.05) is 44.3 Å². The number of benzene rings is 1. The lowest BCUT2D eigenvalue weighted by Gasteiger charge is -2.17. The third-order valence-electron chi connectivity index (χ3n) is 5.71. The Morgan fingerprint density at radius 1 is 1.27 bits per heavy atom. The molecule has 2 aromatic heterocycles. The molecule has 9 nitrogen and oxygen atoms in total. The van der Waals surface area contributed by atoms with Crippen molar-refractivity contribution in [2.45, 2.75) is 38.0 Å². The summed E-state index contributed by atoms with van der Waals surface area (Å²) >= 11 is 0. The summed E-state index contributed by atoms with van der Waals surface area (Å²) in [6.45, 7) is 4.63. The van der Waals surface area contributed by atoms with Gasteiger partial charge in [-0.3, -0.25) is 14.3 Å². The molecule has 0 aliphatic heterocycles. The number of rotatable bonds is 9. The van der Waals surface area contributed by atoms with Gasteiger partial charge in [0.15, 0.2) is 9.84 Å². The van der Waals surface area contributed by atoms with Gasteiger partial charge in [0.05, 0.1) is 17.2 Å². The van der Waals surface area contributed by atoms with Crippen molar-refractivity contribution in [1.82, 2.24) is 19.7 Å². The van der Waals surface area contributed by atoms with Gasteiger partial charge in [-0.2, -0.15) is 5.10 Å². The van der Waals surface area contributed by atoms with Crippen LogP contribution >= 0.6 is 0 Å². The molecule has 0 fully saturated rings. The largest absolute Gasteiger partial charge is 0.493 e. The Bertz CT molecular complexity index is 1340. The number of fused-ring (bicyclic) bond motifs is 1. The third-order valence-corrected chi connectivity index (χ3v) is 6.82. The molecule has 0 aliphatic carbocycles. The van der Waals surface area contributed by atoms with Gasteiger partial charge in [-0.05, 0) is 50.5 Å². The Hall–Kier alpha value is -3.14. The number of aromatic amines is 1. The molecule has 0 unspecified atom stereocenters. The first-order chi connectivity index (χ1) is 15.5. The number of carbonyl (C=O) groups is 1. The van der Waals surface area contributed by atoms with Crippen LogP contribution in [-0.4, -0.2) is 60.4 Å². The lowest BCUT2D eigenvalue weighted by Crippen LogP contribution is -2.29. The fraction of sp³-hybridized carbons (Fsp3) is 0.435. The molecule has 0 spiro atoms. The van der Waals surface area contributed by atoms with E-state index in [0.717, 1.165) is 22.9 Å². The normalized spacial score (nSPS) is 11.7. The number of hydrogen-bond acceptors (Lipinski definition) is 6. The zero-order valence-corrected chi connectivity index (χ0v) is 20.5. The van der Waals surface area contributed by atoms with Gasteiger partial charge in [0.1, 0.15) is 11.4 Å². The molecule has 1 amide bonds. The molecule has 33 heavy (non-hydrogen) atoms. The second-order valence-corrected chi connectivity index (χ2v) is 10.3. The summed E-state index contributed by atoms with van der Waals surface area (Å²) < 4.78 is 30.6. The van der Waals surface area contributed by atoms with Crippen LogP contribution in [0.25, 0.3) is 11.0 Å². The van der Waals surface area contributed by atoms with E-state index in [1.165, 1.54) is 12.1 Å². The van der Waals surface area contributed by atoms with Gasteiger partial charge in [-0.1, -0.05) is 6.07 Å². The monoisotopic (exact) mass is 474 g/mol. The molecular formula is C23H30N4O5S. The van der Waals surface area contributed by atoms with Crippen LogP contribution in [0.4, 0.5) is 0 Å². The summed E-state index contributed by atoms with van der Waals surface area (Å²) in [6.07, 6.45) is 2.32. The summed E-state index contributed by atoms with van der Waals surface area (Å²) in [7, 11) is 0.215. The number of sulfone groups is 1. The zero-order chi connectivity index (χ0) is 24.3. The van der Waals surface area contributed by atoms with Crippen LogP contribution in [0.1, 0.15) is 29.7 Å². The number of nitrogens with zero attached hydrogens (tertiary/aromatic N) is 3. The third kappa shape index (κ3) is 5.62. The van der Waals surface area contributed by atoms with E-state index in [0.29, 0.717) is 43.0 Å². The van der Waals surface area contributed by atoms with Crippen molar-refractivity contribution in [3.8, 4) is 5.75 Å². The highest BCUT2D eigenvalue weighted by Crippen LogP contribution is 2.21. The maximum Gasteiger partial charge on any atom is 0.253 e. The number of hydrogen-bond donors (Lipinski definition) is 1. The fourth-order valence-corrected chi connectivity index (χ4v) is 4.55. The standard InChI is InChI=1S/C23H30N4O5S/c1-15-19(23(29)24-22-21(15)16(2)25-27(22)4)10-11-20(28)26(3)12-7-13-32-17-8-6-9-18(14-17)33(5,30)31/h6,8-9,14H,7,10-13H2,1-5H3,(H,24,29). The molecule has 3 rings (SSSR count). The van der Waals surface area contributed by atoms with Crippen LogP contribution in [0.15, 0.2) is 34.0 Å². The lowest BCUT2D eigenvalue weighted by molar-refractivity contribution is -0.129. The Morgan fingerprint density at radius 2 is 2.00 bits per heavy atom. The smallest absolute Gasteiger partial charge is 0.253 e. The van der Waals surface area contributed by atoms with Crippen LogP contribution in [0.3, 0.4) is 0 Å². The topological polar surface area (TPSA) is 114 Å². The number of H-pyrrole nitrogens is 1. The van der Waals surface area contributed by atoms with Crippen LogP contribution in [0.5, 0.6) is 5.75 Å². The number of carbonyl (C=O) groups excluding carboxylic acids is 1. The van der Waals surface area contributed by atoms with Gasteiger partial charge >= 0.3 is 0 Å². The Balaban J connectivity index is 1.53.